The van der Waals surface area contributed by atoms with Crippen molar-refractivity contribution in [3.05, 3.63) is 53.1 Å². The van der Waals surface area contributed by atoms with Crippen LogP contribution < -0.4 is 27.0 Å². The number of allylic oxidation sites excluding steroid dienone is 2. The van der Waals surface area contributed by atoms with E-state index < -0.39 is 18.2 Å². The number of anilines is 1. The van der Waals surface area contributed by atoms with Crippen LogP contribution in [0.4, 0.5) is 10.5 Å². The average Bonchev–Trinajstić information content (AvgIpc) is 3.19. The summed E-state index contributed by atoms with van der Waals surface area (Å²) < 4.78 is 10.1. The van der Waals surface area contributed by atoms with E-state index in [1.54, 1.807) is 13.0 Å². The number of aryl methyl sites for hydroxylation is 2. The van der Waals surface area contributed by atoms with Gasteiger partial charge in [0.25, 0.3) is 12.4 Å². The summed E-state index contributed by atoms with van der Waals surface area (Å²) >= 11 is 0. The molecule has 1 fully saturated rings. The fourth-order valence-electron chi connectivity index (χ4n) is 4.51. The van der Waals surface area contributed by atoms with E-state index in [1.165, 1.54) is 17.2 Å². The molecule has 1 aromatic rings. The molecular weight excluding hydrogens is 768 g/mol. The molecule has 59 heavy (non-hydrogen) atoms. The molecule has 9 N–H and O–H groups in total. The summed E-state index contributed by atoms with van der Waals surface area (Å²) in [5.74, 6) is -0.694. The number of aliphatic hydroxyl groups is 2. The fraction of sp³-hybridized carbons (Fsp3) is 0.585. The Morgan fingerprint density at radius 2 is 1.58 bits per heavy atom. The Bertz CT molecular complexity index is 1350. The highest BCUT2D eigenvalue weighted by Gasteiger charge is 2.17. The molecule has 0 spiro atoms. The van der Waals surface area contributed by atoms with E-state index in [4.69, 9.17) is 35.3 Å². The zero-order chi connectivity index (χ0) is 46.0. The third-order valence-electron chi connectivity index (χ3n) is 6.95. The molecule has 3 atom stereocenters. The van der Waals surface area contributed by atoms with E-state index in [0.717, 1.165) is 35.4 Å². The highest BCUT2D eigenvalue weighted by atomic mass is 16.5. The van der Waals surface area contributed by atoms with Crippen molar-refractivity contribution in [3.8, 4) is 0 Å². The normalized spacial score (nSPS) is 13.9. The van der Waals surface area contributed by atoms with Crippen molar-refractivity contribution in [1.82, 2.24) is 20.9 Å². The molecule has 7 amide bonds. The minimum absolute atomic E-state index is 0.000484. The maximum Gasteiger partial charge on any atom is 0.312 e. The lowest BCUT2D eigenvalue weighted by atomic mass is 10.0. The average molecular weight is 841 g/mol. The highest BCUT2D eigenvalue weighted by Crippen LogP contribution is 2.17. The predicted molar refractivity (Wildman–Crippen MR) is 228 cm³/mol. The first-order valence-electron chi connectivity index (χ1n) is 19.6. The van der Waals surface area contributed by atoms with Crippen molar-refractivity contribution >= 4 is 48.7 Å². The van der Waals surface area contributed by atoms with Crippen LogP contribution in [0.25, 0.3) is 0 Å². The third-order valence-corrected chi connectivity index (χ3v) is 6.95. The molecule has 1 saturated heterocycles. The van der Waals surface area contributed by atoms with Crippen LogP contribution in [0.3, 0.4) is 0 Å². The highest BCUT2D eigenvalue weighted by molar-refractivity contribution is 5.94. The summed E-state index contributed by atoms with van der Waals surface area (Å²) in [5.41, 5.74) is 9.19. The van der Waals surface area contributed by atoms with Gasteiger partial charge in [0, 0.05) is 31.1 Å². The molecule has 0 aromatic heterocycles. The summed E-state index contributed by atoms with van der Waals surface area (Å²) in [6.45, 7) is 19.5. The Hall–Kier alpha value is -5.17. The number of amides is 7. The first-order valence-corrected chi connectivity index (χ1v) is 19.6. The van der Waals surface area contributed by atoms with Gasteiger partial charge in [0.15, 0.2) is 0 Å². The maximum absolute atomic E-state index is 11.6. The largest absolute Gasteiger partial charge is 0.483 e. The number of carboxylic acid groups (broad SMARTS) is 1. The summed E-state index contributed by atoms with van der Waals surface area (Å²) in [4.78, 5) is 74.5. The number of hydrogen-bond acceptors (Lipinski definition) is 11. The number of ether oxygens (including phenoxy) is 2. The summed E-state index contributed by atoms with van der Waals surface area (Å²) in [5, 5.41) is 34.8. The predicted octanol–water partition coefficient (Wildman–Crippen LogP) is 2.84. The van der Waals surface area contributed by atoms with Gasteiger partial charge in [-0.2, -0.15) is 0 Å². The smallest absolute Gasteiger partial charge is 0.312 e. The molecule has 1 heterocycles. The number of hydrogen-bond donors (Lipinski definition) is 8. The molecule has 2 rings (SSSR count). The van der Waals surface area contributed by atoms with E-state index in [1.807, 2.05) is 65.8 Å². The van der Waals surface area contributed by atoms with E-state index in [2.05, 4.69) is 35.1 Å². The van der Waals surface area contributed by atoms with Crippen LogP contribution in [-0.4, -0.2) is 128 Å². The first-order chi connectivity index (χ1) is 28.1. The Morgan fingerprint density at radius 1 is 0.983 bits per heavy atom. The summed E-state index contributed by atoms with van der Waals surface area (Å²) in [6.07, 6.45) is 8.48. The number of nitrogens with two attached hydrogens (primary N) is 1. The van der Waals surface area contributed by atoms with Crippen molar-refractivity contribution in [2.75, 3.05) is 51.4 Å². The Labute approximate surface area is 350 Å². The van der Waals surface area contributed by atoms with Gasteiger partial charge in [-0.3, -0.25) is 33.7 Å². The molecule has 0 radical (unpaired) electrons. The number of nitrogens with one attached hydrogen (secondary N) is 4. The Kier molecular flexibility index (Phi) is 43.5. The van der Waals surface area contributed by atoms with Gasteiger partial charge in [0.05, 0.1) is 51.7 Å². The third kappa shape index (κ3) is 39.4. The number of imide groups is 1. The quantitative estimate of drug-likeness (QED) is 0.0459. The second-order valence-corrected chi connectivity index (χ2v) is 12.3. The molecule has 3 unspecified atom stereocenters. The Balaban J connectivity index is -0.000000357. The number of carbonyl (C=O) groups is 7. The second-order valence-electron chi connectivity index (χ2n) is 12.3. The van der Waals surface area contributed by atoms with Crippen LogP contribution in [0.5, 0.6) is 0 Å². The van der Waals surface area contributed by atoms with Crippen molar-refractivity contribution < 1.29 is 58.4 Å². The van der Waals surface area contributed by atoms with E-state index in [0.29, 0.717) is 39.0 Å². The van der Waals surface area contributed by atoms with Crippen molar-refractivity contribution in [2.24, 2.45) is 5.73 Å². The van der Waals surface area contributed by atoms with Crippen LogP contribution in [0.15, 0.2) is 42.0 Å². The van der Waals surface area contributed by atoms with Gasteiger partial charge in [0.2, 0.25) is 24.6 Å². The number of aliphatic hydroxyl groups excluding tert-OH is 2. The van der Waals surface area contributed by atoms with Gasteiger partial charge in [-0.25, -0.2) is 4.79 Å². The maximum atomic E-state index is 11.6. The molecule has 1 aromatic carbocycles. The number of urea groups is 1. The molecule has 0 bridgehead atoms. The summed E-state index contributed by atoms with van der Waals surface area (Å²) in [7, 11) is 0. The van der Waals surface area contributed by atoms with Crippen molar-refractivity contribution in [3.63, 3.8) is 0 Å². The van der Waals surface area contributed by atoms with E-state index in [9.17, 15) is 28.8 Å². The summed E-state index contributed by atoms with van der Waals surface area (Å²) in [6, 6.07) is 5.44. The zero-order valence-corrected chi connectivity index (χ0v) is 36.5. The molecule has 0 saturated carbocycles. The van der Waals surface area contributed by atoms with Gasteiger partial charge in [-0.05, 0) is 76.3 Å². The topological polar surface area (TPSA) is 276 Å². The van der Waals surface area contributed by atoms with Gasteiger partial charge in [0.1, 0.15) is 0 Å². The van der Waals surface area contributed by atoms with E-state index in [-0.39, 0.29) is 63.0 Å². The zero-order valence-electron chi connectivity index (χ0n) is 36.5. The SMILES string of the molecule is C/C=C\C(=O)N(C=O)CCOCCC(=O)NC(C)C=C(C)C.CC.CCCNC(N)=O.CCc1ccc(NC(=O)CNC=O)cc1CC.O=CO.OC1COCC(O)C1. The van der Waals surface area contributed by atoms with Crippen LogP contribution in [-0.2, 0) is 51.1 Å². The van der Waals surface area contributed by atoms with Crippen LogP contribution in [0.2, 0.25) is 0 Å². The minimum atomic E-state index is -0.459. The molecule has 1 aliphatic heterocycles. The Morgan fingerprint density at radius 3 is 2.00 bits per heavy atom. The molecule has 0 aliphatic carbocycles. The molecule has 18 heteroatoms. The lowest BCUT2D eigenvalue weighted by Gasteiger charge is -2.21. The minimum Gasteiger partial charge on any atom is -0.483 e. The first kappa shape index (κ1) is 60.5. The standard InChI is InChI=1S/C16H26N2O4.C13H18N2O2.C5H10O3.C4H10N2O.C2H6.CH2O2/c1-5-6-16(21)18(12-19)8-10-22-9-7-15(20)17-14(4)11-13(2)3;1-3-10-5-6-12(7-11(10)4-2)15-13(17)8-14-9-16;6-4-1-5(7)3-8-2-4;1-2-3-6-4(5)7;1-2;2-1-3/h5-6,11-12,14H,7-10H2,1-4H3,(H,17,20);5-7,9H,3-4,8H2,1-2H3,(H,14,16)(H,15,17);4-7H,1-3H2;2-3H2,1H3,(H3,5,6,7);1-2H3;1H,(H,2,3)/b6-5-;;;;;. The molecular formula is C41H72N6O12. The van der Waals surface area contributed by atoms with Gasteiger partial charge < -0.3 is 51.8 Å². The molecule has 1 aliphatic rings. The van der Waals surface area contributed by atoms with Crippen LogP contribution in [0, 0.1) is 0 Å². The van der Waals surface area contributed by atoms with Crippen molar-refractivity contribution in [1.29, 1.82) is 0 Å². The van der Waals surface area contributed by atoms with E-state index >= 15 is 0 Å². The van der Waals surface area contributed by atoms with Crippen molar-refractivity contribution in [2.45, 2.75) is 113 Å². The van der Waals surface area contributed by atoms with Gasteiger partial charge >= 0.3 is 6.03 Å². The second kappa shape index (κ2) is 42.4. The number of benzene rings is 1. The lowest BCUT2D eigenvalue weighted by Crippen LogP contribution is -2.33. The molecule has 338 valence electrons. The fourth-order valence-corrected chi connectivity index (χ4v) is 4.51. The molecule has 18 nitrogen and oxygen atoms in total. The number of rotatable bonds is 18. The van der Waals surface area contributed by atoms with Crippen LogP contribution >= 0.6 is 0 Å². The number of primary amides is 1. The van der Waals surface area contributed by atoms with Crippen LogP contribution in [0.1, 0.15) is 92.7 Å². The number of nitrogens with zero attached hydrogens (tertiary/aromatic N) is 1. The number of carbonyl (C=O) groups excluding carboxylic acids is 6. The monoisotopic (exact) mass is 841 g/mol. The lowest BCUT2D eigenvalue weighted by molar-refractivity contribution is -0.135. The van der Waals surface area contributed by atoms with Gasteiger partial charge in [-0.15, -0.1) is 0 Å². The van der Waals surface area contributed by atoms with Gasteiger partial charge in [-0.1, -0.05) is 58.4 Å².